The van der Waals surface area contributed by atoms with Crippen molar-refractivity contribution in [3.63, 3.8) is 0 Å². The highest BCUT2D eigenvalue weighted by Crippen LogP contribution is 2.39. The van der Waals surface area contributed by atoms with Crippen LogP contribution < -0.4 is 4.90 Å². The van der Waals surface area contributed by atoms with Gasteiger partial charge in [-0.3, -0.25) is 4.98 Å². The first-order chi connectivity index (χ1) is 22.7. The van der Waals surface area contributed by atoms with Gasteiger partial charge in [0.2, 0.25) is 11.8 Å². The van der Waals surface area contributed by atoms with E-state index in [4.69, 9.17) is 13.8 Å². The molecule has 0 aliphatic carbocycles. The molecule has 218 valence electrons. The van der Waals surface area contributed by atoms with Crippen LogP contribution in [0.2, 0.25) is 0 Å². The van der Waals surface area contributed by atoms with Gasteiger partial charge in [-0.05, 0) is 103 Å². The molecule has 0 unspecified atom stereocenters. The molecule has 5 aromatic carbocycles. The largest absolute Gasteiger partial charge is 0.436 e. The normalized spacial score (nSPS) is 11.5. The van der Waals surface area contributed by atoms with Crippen molar-refractivity contribution in [2.45, 2.75) is 0 Å². The Morgan fingerprint density at radius 2 is 0.978 bits per heavy atom. The number of thiazole rings is 1. The fourth-order valence-electron chi connectivity index (χ4n) is 5.60. The van der Waals surface area contributed by atoms with Crippen LogP contribution in [0.3, 0.4) is 0 Å². The summed E-state index contributed by atoms with van der Waals surface area (Å²) in [6, 6.07) is 42.6. The van der Waals surface area contributed by atoms with Crippen molar-refractivity contribution in [3.8, 4) is 33.5 Å². The molecule has 0 amide bonds. The lowest BCUT2D eigenvalue weighted by molar-refractivity contribution is 0.619. The molecule has 0 spiro atoms. The van der Waals surface area contributed by atoms with E-state index in [2.05, 4.69) is 68.4 Å². The van der Waals surface area contributed by atoms with Gasteiger partial charge < -0.3 is 13.7 Å². The fourth-order valence-corrected chi connectivity index (χ4v) is 6.54. The standard InChI is InChI=1S/C38H23N5O2S/c1-3-7-33-30(5-1)40-36(44-33)24-9-15-27(16-10-24)43(28-17-11-25(12-18-28)37-41-31-6-2-4-8-34(31)45-37)29-19-13-26(14-20-29)38-42-32-21-22-39-23-35(32)46-38/h1-23H. The summed E-state index contributed by atoms with van der Waals surface area (Å²) in [7, 11) is 0. The van der Waals surface area contributed by atoms with Crippen LogP contribution >= 0.6 is 11.3 Å². The highest BCUT2D eigenvalue weighted by molar-refractivity contribution is 7.21. The molecule has 4 heterocycles. The highest BCUT2D eigenvalue weighted by atomic mass is 32.1. The average molecular weight is 614 g/mol. The Balaban J connectivity index is 1.09. The number of para-hydroxylation sites is 4. The van der Waals surface area contributed by atoms with Crippen LogP contribution in [-0.4, -0.2) is 19.9 Å². The summed E-state index contributed by atoms with van der Waals surface area (Å²) in [5.41, 5.74) is 10.1. The van der Waals surface area contributed by atoms with Crippen LogP contribution in [0, 0.1) is 0 Å². The van der Waals surface area contributed by atoms with Crippen LogP contribution in [0.4, 0.5) is 17.1 Å². The molecule has 0 saturated heterocycles. The number of anilines is 3. The maximum absolute atomic E-state index is 6.03. The zero-order valence-corrected chi connectivity index (χ0v) is 25.1. The Hall–Kier alpha value is -6.12. The second-order valence-corrected chi connectivity index (χ2v) is 11.8. The van der Waals surface area contributed by atoms with Gasteiger partial charge in [0.05, 0.1) is 10.2 Å². The molecule has 4 aromatic heterocycles. The number of aromatic nitrogens is 4. The predicted molar refractivity (Wildman–Crippen MR) is 184 cm³/mol. The van der Waals surface area contributed by atoms with Crippen LogP contribution in [0.1, 0.15) is 0 Å². The molecule has 9 rings (SSSR count). The average Bonchev–Trinajstić information content (AvgIpc) is 3.86. The first-order valence-electron chi connectivity index (χ1n) is 14.8. The summed E-state index contributed by atoms with van der Waals surface area (Å²) in [5, 5.41) is 0.964. The number of pyridine rings is 1. The molecular weight excluding hydrogens is 591 g/mol. The molecule has 8 heteroatoms. The molecule has 9 aromatic rings. The molecule has 0 aliphatic rings. The third-order valence-corrected chi connectivity index (χ3v) is 8.95. The minimum atomic E-state index is 0.595. The van der Waals surface area contributed by atoms with E-state index < -0.39 is 0 Å². The molecule has 46 heavy (non-hydrogen) atoms. The van der Waals surface area contributed by atoms with Crippen molar-refractivity contribution in [2.75, 3.05) is 4.90 Å². The lowest BCUT2D eigenvalue weighted by atomic mass is 10.1. The maximum atomic E-state index is 6.03. The maximum Gasteiger partial charge on any atom is 0.227 e. The molecule has 0 fully saturated rings. The van der Waals surface area contributed by atoms with Gasteiger partial charge in [-0.1, -0.05) is 24.3 Å². The number of nitrogens with zero attached hydrogens (tertiary/aromatic N) is 5. The highest BCUT2D eigenvalue weighted by Gasteiger charge is 2.16. The molecule has 0 saturated carbocycles. The van der Waals surface area contributed by atoms with Gasteiger partial charge >= 0.3 is 0 Å². The summed E-state index contributed by atoms with van der Waals surface area (Å²) in [6.45, 7) is 0. The first-order valence-corrected chi connectivity index (χ1v) is 15.6. The predicted octanol–water partition coefficient (Wildman–Crippen LogP) is 10.4. The molecule has 7 nitrogen and oxygen atoms in total. The molecule has 0 N–H and O–H groups in total. The number of benzene rings is 5. The van der Waals surface area contributed by atoms with Gasteiger partial charge in [0.25, 0.3) is 0 Å². The summed E-state index contributed by atoms with van der Waals surface area (Å²) in [5.74, 6) is 1.19. The molecule has 0 bridgehead atoms. The van der Waals surface area contributed by atoms with Crippen molar-refractivity contribution in [1.82, 2.24) is 19.9 Å². The number of fused-ring (bicyclic) bond motifs is 3. The topological polar surface area (TPSA) is 81.1 Å². The Labute approximate surface area is 267 Å². The van der Waals surface area contributed by atoms with E-state index in [1.54, 1.807) is 17.5 Å². The molecular formula is C38H23N5O2S. The van der Waals surface area contributed by atoms with Gasteiger partial charge in [-0.25, -0.2) is 15.0 Å². The van der Waals surface area contributed by atoms with Crippen LogP contribution in [-0.2, 0) is 0 Å². The van der Waals surface area contributed by atoms with Gasteiger partial charge in [-0.15, -0.1) is 11.3 Å². The number of rotatable bonds is 6. The molecule has 0 atom stereocenters. The van der Waals surface area contributed by atoms with Crippen molar-refractivity contribution in [1.29, 1.82) is 0 Å². The second kappa shape index (κ2) is 10.8. The summed E-state index contributed by atoms with van der Waals surface area (Å²) in [6.07, 6.45) is 3.64. The minimum Gasteiger partial charge on any atom is -0.436 e. The van der Waals surface area contributed by atoms with Gasteiger partial charge in [0, 0.05) is 46.1 Å². The fraction of sp³-hybridized carbons (Fsp3) is 0. The van der Waals surface area contributed by atoms with E-state index in [9.17, 15) is 0 Å². The van der Waals surface area contributed by atoms with Crippen LogP contribution in [0.5, 0.6) is 0 Å². The van der Waals surface area contributed by atoms with Gasteiger partial charge in [-0.2, -0.15) is 0 Å². The van der Waals surface area contributed by atoms with E-state index >= 15 is 0 Å². The number of hydrogen-bond donors (Lipinski definition) is 0. The smallest absolute Gasteiger partial charge is 0.227 e. The SMILES string of the molecule is c1ccc2oc(-c3ccc(N(c4ccc(-c5nc6ccccc6o5)cc4)c4ccc(-c5nc6ccncc6s5)cc4)cc3)nc2c1. The van der Waals surface area contributed by atoms with Gasteiger partial charge in [0.1, 0.15) is 16.0 Å². The Morgan fingerprint density at radius 1 is 0.478 bits per heavy atom. The summed E-state index contributed by atoms with van der Waals surface area (Å²) >= 11 is 1.64. The Kier molecular flexibility index (Phi) is 6.17. The van der Waals surface area contributed by atoms with Crippen molar-refractivity contribution in [3.05, 3.63) is 140 Å². The van der Waals surface area contributed by atoms with E-state index in [0.717, 1.165) is 71.2 Å². The molecule has 0 radical (unpaired) electrons. The van der Waals surface area contributed by atoms with E-state index in [1.807, 2.05) is 85.1 Å². The third-order valence-electron chi connectivity index (χ3n) is 7.90. The quantitative estimate of drug-likeness (QED) is 0.185. The summed E-state index contributed by atoms with van der Waals surface area (Å²) < 4.78 is 13.1. The van der Waals surface area contributed by atoms with Crippen molar-refractivity contribution in [2.24, 2.45) is 0 Å². The number of hydrogen-bond acceptors (Lipinski definition) is 8. The van der Waals surface area contributed by atoms with Gasteiger partial charge in [0.15, 0.2) is 11.2 Å². The summed E-state index contributed by atoms with van der Waals surface area (Å²) in [4.78, 5) is 20.6. The minimum absolute atomic E-state index is 0.595. The zero-order chi connectivity index (χ0) is 30.5. The van der Waals surface area contributed by atoms with E-state index in [1.165, 1.54) is 0 Å². The van der Waals surface area contributed by atoms with Crippen LogP contribution in [0.25, 0.3) is 65.9 Å². The van der Waals surface area contributed by atoms with Crippen molar-refractivity contribution >= 4 is 60.8 Å². The number of oxazole rings is 2. The Bertz CT molecular complexity index is 2100. The molecule has 0 aliphatic heterocycles. The van der Waals surface area contributed by atoms with E-state index in [-0.39, 0.29) is 0 Å². The Morgan fingerprint density at radius 3 is 1.48 bits per heavy atom. The van der Waals surface area contributed by atoms with Crippen LogP contribution in [0.15, 0.2) is 149 Å². The lowest BCUT2D eigenvalue weighted by Gasteiger charge is -2.26. The first kappa shape index (κ1) is 26.3. The van der Waals surface area contributed by atoms with E-state index in [0.29, 0.717) is 11.8 Å². The lowest BCUT2D eigenvalue weighted by Crippen LogP contribution is -2.09. The third kappa shape index (κ3) is 4.68. The zero-order valence-electron chi connectivity index (χ0n) is 24.2. The monoisotopic (exact) mass is 613 g/mol. The van der Waals surface area contributed by atoms with Crippen molar-refractivity contribution < 1.29 is 8.83 Å². The second-order valence-electron chi connectivity index (χ2n) is 10.8.